The van der Waals surface area contributed by atoms with Gasteiger partial charge in [0.1, 0.15) is 5.38 Å². The Balaban J connectivity index is 2.51. The second kappa shape index (κ2) is 4.81. The normalized spacial score (nSPS) is 13.9. The van der Waals surface area contributed by atoms with Crippen molar-refractivity contribution in [2.24, 2.45) is 0 Å². The summed E-state index contributed by atoms with van der Waals surface area (Å²) < 4.78 is 10.5. The lowest BCUT2D eigenvalue weighted by molar-refractivity contribution is 0.0339. The lowest BCUT2D eigenvalue weighted by atomic mass is 10.1. The van der Waals surface area contributed by atoms with Gasteiger partial charge in [-0.05, 0) is 20.8 Å². The van der Waals surface area contributed by atoms with E-state index >= 15 is 0 Å². The average Bonchev–Trinajstić information content (AvgIpc) is 2.63. The summed E-state index contributed by atoms with van der Waals surface area (Å²) >= 11 is 5.79. The molecule has 1 aromatic heterocycles. The fraction of sp³-hybridized carbons (Fsp3) is 0.778. The van der Waals surface area contributed by atoms with Crippen LogP contribution in [0.5, 0.6) is 0 Å². The van der Waals surface area contributed by atoms with E-state index in [1.807, 2.05) is 13.8 Å². The maximum atomic E-state index is 5.79. The first-order valence-corrected chi connectivity index (χ1v) is 5.15. The topological polar surface area (TPSA) is 60.2 Å². The smallest absolute Gasteiger partial charge is 0.315 e. The van der Waals surface area contributed by atoms with Crippen LogP contribution >= 0.6 is 11.6 Å². The summed E-state index contributed by atoms with van der Waals surface area (Å²) in [5.41, 5.74) is -0.277. The van der Waals surface area contributed by atoms with Crippen molar-refractivity contribution in [3.63, 3.8) is 0 Å². The van der Waals surface area contributed by atoms with Gasteiger partial charge in [-0.1, -0.05) is 5.10 Å². The number of hydrogen-bond donors (Lipinski definition) is 1. The summed E-state index contributed by atoms with van der Waals surface area (Å²) in [6.07, 6.45) is 0. The highest BCUT2D eigenvalue weighted by Crippen LogP contribution is 2.19. The number of anilines is 1. The minimum atomic E-state index is -0.277. The lowest BCUT2D eigenvalue weighted by Gasteiger charge is -2.22. The maximum absolute atomic E-state index is 5.79. The van der Waals surface area contributed by atoms with Gasteiger partial charge in [0, 0.05) is 13.7 Å². The zero-order chi connectivity index (χ0) is 11.5. The molecular formula is C9H16ClN3O2. The fourth-order valence-electron chi connectivity index (χ4n) is 0.827. The molecule has 0 saturated heterocycles. The maximum Gasteiger partial charge on any atom is 0.315 e. The molecule has 86 valence electrons. The summed E-state index contributed by atoms with van der Waals surface area (Å²) in [6, 6.07) is 0.364. The van der Waals surface area contributed by atoms with Gasteiger partial charge in [-0.25, -0.2) is 0 Å². The minimum Gasteiger partial charge on any atom is -0.407 e. The first-order valence-electron chi connectivity index (χ1n) is 4.71. The predicted octanol–water partition coefficient (Wildman–Crippen LogP) is 2.21. The fourth-order valence-corrected chi connectivity index (χ4v) is 0.916. The van der Waals surface area contributed by atoms with Crippen LogP contribution in [0.15, 0.2) is 4.42 Å². The first kappa shape index (κ1) is 12.3. The number of alkyl halides is 1. The van der Waals surface area contributed by atoms with Gasteiger partial charge in [0.05, 0.1) is 5.60 Å². The van der Waals surface area contributed by atoms with E-state index < -0.39 is 0 Å². The van der Waals surface area contributed by atoms with Crippen molar-refractivity contribution >= 4 is 17.6 Å². The molecule has 0 aliphatic heterocycles. The molecule has 0 radical (unpaired) electrons. The Morgan fingerprint density at radius 1 is 1.53 bits per heavy atom. The molecule has 0 spiro atoms. The summed E-state index contributed by atoms with van der Waals surface area (Å²) in [7, 11) is 1.65. The van der Waals surface area contributed by atoms with E-state index in [1.54, 1.807) is 14.0 Å². The number of rotatable bonds is 5. The molecule has 0 amide bonds. The molecule has 1 heterocycles. The van der Waals surface area contributed by atoms with Gasteiger partial charge in [0.25, 0.3) is 0 Å². The molecule has 15 heavy (non-hydrogen) atoms. The van der Waals surface area contributed by atoms with Crippen molar-refractivity contribution in [1.82, 2.24) is 10.2 Å². The van der Waals surface area contributed by atoms with E-state index in [0.29, 0.717) is 18.5 Å². The molecule has 6 heteroatoms. The summed E-state index contributed by atoms with van der Waals surface area (Å²) in [6.45, 7) is 6.28. The van der Waals surface area contributed by atoms with E-state index in [1.165, 1.54) is 0 Å². The number of nitrogens with zero attached hydrogens (tertiary/aromatic N) is 2. The van der Waals surface area contributed by atoms with Crippen molar-refractivity contribution in [2.45, 2.75) is 31.7 Å². The van der Waals surface area contributed by atoms with Crippen molar-refractivity contribution in [1.29, 1.82) is 0 Å². The van der Waals surface area contributed by atoms with Crippen molar-refractivity contribution < 1.29 is 9.15 Å². The quantitative estimate of drug-likeness (QED) is 0.791. The number of methoxy groups -OCH3 is 1. The van der Waals surface area contributed by atoms with Gasteiger partial charge >= 0.3 is 6.01 Å². The van der Waals surface area contributed by atoms with E-state index in [9.17, 15) is 0 Å². The van der Waals surface area contributed by atoms with Crippen molar-refractivity contribution in [2.75, 3.05) is 19.0 Å². The molecule has 1 N–H and O–H groups in total. The molecular weight excluding hydrogens is 218 g/mol. The van der Waals surface area contributed by atoms with Crippen molar-refractivity contribution in [3.05, 3.63) is 5.89 Å². The highest BCUT2D eigenvalue weighted by Gasteiger charge is 2.18. The van der Waals surface area contributed by atoms with E-state index in [0.717, 1.165) is 0 Å². The zero-order valence-corrected chi connectivity index (χ0v) is 10.1. The third-order valence-corrected chi connectivity index (χ3v) is 2.19. The van der Waals surface area contributed by atoms with Crippen molar-refractivity contribution in [3.8, 4) is 0 Å². The van der Waals surface area contributed by atoms with Gasteiger partial charge < -0.3 is 14.5 Å². The largest absolute Gasteiger partial charge is 0.407 e. The number of aromatic nitrogens is 2. The van der Waals surface area contributed by atoms with E-state index in [2.05, 4.69) is 15.5 Å². The summed E-state index contributed by atoms with van der Waals surface area (Å²) in [5.74, 6) is 0.411. The van der Waals surface area contributed by atoms with Gasteiger partial charge in [0.15, 0.2) is 0 Å². The van der Waals surface area contributed by atoms with Crippen LogP contribution in [0.4, 0.5) is 6.01 Å². The molecule has 0 aliphatic carbocycles. The molecule has 0 aliphatic rings. The molecule has 1 unspecified atom stereocenters. The SMILES string of the molecule is COC(C)(C)CNc1nnc(C(C)Cl)o1. The molecule has 1 atom stereocenters. The zero-order valence-electron chi connectivity index (χ0n) is 9.37. The standard InChI is InChI=1S/C9H16ClN3O2/c1-6(10)7-12-13-8(15-7)11-5-9(2,3)14-4/h6H,5H2,1-4H3,(H,11,13). The van der Waals surface area contributed by atoms with Crippen LogP contribution in [0.25, 0.3) is 0 Å². The number of ether oxygens (including phenoxy) is 1. The molecule has 0 fully saturated rings. The monoisotopic (exact) mass is 233 g/mol. The highest BCUT2D eigenvalue weighted by molar-refractivity contribution is 6.20. The van der Waals surface area contributed by atoms with Crippen LogP contribution in [-0.4, -0.2) is 29.5 Å². The Hall–Kier alpha value is -0.810. The van der Waals surface area contributed by atoms with Gasteiger partial charge in [-0.3, -0.25) is 0 Å². The predicted molar refractivity (Wildman–Crippen MR) is 58.1 cm³/mol. The summed E-state index contributed by atoms with van der Waals surface area (Å²) in [5, 5.41) is 10.3. The second-order valence-electron chi connectivity index (χ2n) is 3.88. The molecule has 0 aromatic carbocycles. The molecule has 1 rings (SSSR count). The van der Waals surface area contributed by atoms with Crippen LogP contribution in [0.2, 0.25) is 0 Å². The summed E-state index contributed by atoms with van der Waals surface area (Å²) in [4.78, 5) is 0. The van der Waals surface area contributed by atoms with Crippen LogP contribution in [0.3, 0.4) is 0 Å². The highest BCUT2D eigenvalue weighted by atomic mass is 35.5. The molecule has 0 bridgehead atoms. The van der Waals surface area contributed by atoms with Gasteiger partial charge in [-0.2, -0.15) is 0 Å². The van der Waals surface area contributed by atoms with Crippen LogP contribution in [0, 0.1) is 0 Å². The third kappa shape index (κ3) is 3.68. The number of halogens is 1. The molecule has 5 nitrogen and oxygen atoms in total. The van der Waals surface area contributed by atoms with Gasteiger partial charge in [-0.15, -0.1) is 16.7 Å². The van der Waals surface area contributed by atoms with Crippen LogP contribution in [0.1, 0.15) is 32.0 Å². The second-order valence-corrected chi connectivity index (χ2v) is 4.53. The van der Waals surface area contributed by atoms with E-state index in [-0.39, 0.29) is 11.0 Å². The minimum absolute atomic E-state index is 0.275. The molecule has 1 aromatic rings. The Morgan fingerprint density at radius 3 is 2.67 bits per heavy atom. The Labute approximate surface area is 94.2 Å². The average molecular weight is 234 g/mol. The van der Waals surface area contributed by atoms with Crippen LogP contribution in [-0.2, 0) is 4.74 Å². The number of hydrogen-bond acceptors (Lipinski definition) is 5. The Bertz CT molecular complexity index is 312. The van der Waals surface area contributed by atoms with E-state index in [4.69, 9.17) is 20.8 Å². The van der Waals surface area contributed by atoms with Crippen LogP contribution < -0.4 is 5.32 Å². The molecule has 0 saturated carbocycles. The first-order chi connectivity index (χ1) is 6.94. The Morgan fingerprint density at radius 2 is 2.20 bits per heavy atom. The third-order valence-electron chi connectivity index (χ3n) is 2.00. The van der Waals surface area contributed by atoms with Gasteiger partial charge in [0.2, 0.25) is 5.89 Å². The lowest BCUT2D eigenvalue weighted by Crippen LogP contribution is -2.32. The number of nitrogens with one attached hydrogen (secondary N) is 1. The Kier molecular flexibility index (Phi) is 3.93.